The Morgan fingerprint density at radius 2 is 2.09 bits per heavy atom. The molecule has 0 N–H and O–H groups in total. The van der Waals surface area contributed by atoms with Crippen LogP contribution in [0.3, 0.4) is 0 Å². The van der Waals surface area contributed by atoms with Gasteiger partial charge in [-0.15, -0.1) is 0 Å². The molecule has 2 saturated heterocycles. The van der Waals surface area contributed by atoms with Gasteiger partial charge in [0.15, 0.2) is 0 Å². The third-order valence-electron chi connectivity index (χ3n) is 4.80. The summed E-state index contributed by atoms with van der Waals surface area (Å²) in [4.78, 5) is 26.4. The Kier molecular flexibility index (Phi) is 4.39. The molecule has 2 fully saturated rings. The zero-order chi connectivity index (χ0) is 16.4. The lowest BCUT2D eigenvalue weighted by atomic mass is 9.81. The summed E-state index contributed by atoms with van der Waals surface area (Å²) < 4.78 is 10.8. The molecule has 2 amide bonds. The molecule has 3 atom stereocenters. The predicted molar refractivity (Wildman–Crippen MR) is 84.9 cm³/mol. The van der Waals surface area contributed by atoms with E-state index >= 15 is 0 Å². The molecule has 2 aliphatic heterocycles. The van der Waals surface area contributed by atoms with Gasteiger partial charge in [-0.25, -0.2) is 9.69 Å². The van der Waals surface area contributed by atoms with Crippen molar-refractivity contribution >= 4 is 12.0 Å². The summed E-state index contributed by atoms with van der Waals surface area (Å²) >= 11 is 0. The number of hydrogen-bond donors (Lipinski definition) is 0. The third-order valence-corrected chi connectivity index (χ3v) is 4.80. The summed E-state index contributed by atoms with van der Waals surface area (Å²) in [6.45, 7) is 4.50. The highest BCUT2D eigenvalue weighted by Crippen LogP contribution is 2.34. The van der Waals surface area contributed by atoms with E-state index in [1.807, 2.05) is 44.2 Å². The molecule has 0 aromatic heterocycles. The molecule has 23 heavy (non-hydrogen) atoms. The second-order valence-electron chi connectivity index (χ2n) is 6.82. The SMILES string of the molecule is CC1CC[C@](C)(C(=O)N2C(=O)OC[C@@H]2Cc2ccccc2)CO1. The molecular formula is C18H23NO4. The molecule has 0 aliphatic carbocycles. The van der Waals surface area contributed by atoms with Gasteiger partial charge in [0.05, 0.1) is 24.2 Å². The van der Waals surface area contributed by atoms with Crippen molar-refractivity contribution in [1.82, 2.24) is 4.90 Å². The molecule has 5 nitrogen and oxygen atoms in total. The Hall–Kier alpha value is -1.88. The van der Waals surface area contributed by atoms with Crippen LogP contribution in [-0.4, -0.2) is 42.3 Å². The van der Waals surface area contributed by atoms with Crippen molar-refractivity contribution in [3.63, 3.8) is 0 Å². The van der Waals surface area contributed by atoms with E-state index in [1.54, 1.807) is 0 Å². The van der Waals surface area contributed by atoms with Crippen LogP contribution in [0.1, 0.15) is 32.3 Å². The van der Waals surface area contributed by atoms with E-state index < -0.39 is 11.5 Å². The largest absolute Gasteiger partial charge is 0.447 e. The number of hydrogen-bond acceptors (Lipinski definition) is 4. The molecule has 0 saturated carbocycles. The number of cyclic esters (lactones) is 1. The maximum absolute atomic E-state index is 13.0. The first-order valence-corrected chi connectivity index (χ1v) is 8.15. The zero-order valence-electron chi connectivity index (χ0n) is 13.7. The summed E-state index contributed by atoms with van der Waals surface area (Å²) in [7, 11) is 0. The molecular weight excluding hydrogens is 294 g/mol. The highest BCUT2D eigenvalue weighted by atomic mass is 16.6. The first kappa shape index (κ1) is 16.0. The van der Waals surface area contributed by atoms with Crippen molar-refractivity contribution in [2.24, 2.45) is 5.41 Å². The van der Waals surface area contributed by atoms with E-state index in [0.717, 1.165) is 18.4 Å². The summed E-state index contributed by atoms with van der Waals surface area (Å²) in [5.41, 5.74) is 0.442. The first-order valence-electron chi connectivity index (χ1n) is 8.15. The Morgan fingerprint density at radius 3 is 2.74 bits per heavy atom. The van der Waals surface area contributed by atoms with Crippen LogP contribution in [0.5, 0.6) is 0 Å². The number of carbonyl (C=O) groups excluding carboxylic acids is 2. The van der Waals surface area contributed by atoms with E-state index in [4.69, 9.17) is 9.47 Å². The van der Waals surface area contributed by atoms with Gasteiger partial charge in [0.25, 0.3) is 0 Å². The van der Waals surface area contributed by atoms with Gasteiger partial charge in [-0.2, -0.15) is 0 Å². The molecule has 1 aromatic carbocycles. The molecule has 1 unspecified atom stereocenters. The summed E-state index contributed by atoms with van der Waals surface area (Å²) in [5, 5.41) is 0. The Labute approximate surface area is 136 Å². The van der Waals surface area contributed by atoms with Gasteiger partial charge >= 0.3 is 6.09 Å². The van der Waals surface area contributed by atoms with Crippen molar-refractivity contribution in [2.75, 3.05) is 13.2 Å². The van der Waals surface area contributed by atoms with Gasteiger partial charge in [-0.05, 0) is 38.7 Å². The minimum atomic E-state index is -0.648. The average Bonchev–Trinajstić information content (AvgIpc) is 2.91. The van der Waals surface area contributed by atoms with Crippen LogP contribution in [0.2, 0.25) is 0 Å². The lowest BCUT2D eigenvalue weighted by Gasteiger charge is -2.37. The van der Waals surface area contributed by atoms with Crippen LogP contribution < -0.4 is 0 Å². The molecule has 5 heteroatoms. The first-order chi connectivity index (χ1) is 11.0. The Morgan fingerprint density at radius 1 is 1.35 bits per heavy atom. The number of nitrogens with zero attached hydrogens (tertiary/aromatic N) is 1. The van der Waals surface area contributed by atoms with Gasteiger partial charge in [0.2, 0.25) is 5.91 Å². The number of imide groups is 1. The van der Waals surface area contributed by atoms with Crippen LogP contribution in [-0.2, 0) is 20.7 Å². The van der Waals surface area contributed by atoms with Crippen molar-refractivity contribution < 1.29 is 19.1 Å². The number of amides is 2. The molecule has 124 valence electrons. The van der Waals surface area contributed by atoms with Gasteiger partial charge in [-0.1, -0.05) is 30.3 Å². The molecule has 0 radical (unpaired) electrons. The topological polar surface area (TPSA) is 55.8 Å². The normalized spacial score (nSPS) is 31.0. The molecule has 2 aliphatic rings. The van der Waals surface area contributed by atoms with Gasteiger partial charge in [0.1, 0.15) is 6.61 Å². The van der Waals surface area contributed by atoms with Crippen molar-refractivity contribution in [3.8, 4) is 0 Å². The fourth-order valence-corrected chi connectivity index (χ4v) is 3.21. The van der Waals surface area contributed by atoms with Crippen molar-refractivity contribution in [3.05, 3.63) is 35.9 Å². The fraction of sp³-hybridized carbons (Fsp3) is 0.556. The minimum Gasteiger partial charge on any atom is -0.447 e. The standard InChI is InChI=1S/C18H23NO4/c1-13-8-9-18(2,12-23-13)16(20)19-15(11-22-17(19)21)10-14-6-4-3-5-7-14/h3-7,13,15H,8-12H2,1-2H3/t13?,15-,18-/m0/s1. The number of carbonyl (C=O) groups is 2. The second kappa shape index (κ2) is 6.32. The van der Waals surface area contributed by atoms with Crippen LogP contribution >= 0.6 is 0 Å². The molecule has 2 heterocycles. The van der Waals surface area contributed by atoms with E-state index in [-0.39, 0.29) is 24.7 Å². The van der Waals surface area contributed by atoms with Gasteiger partial charge in [-0.3, -0.25) is 4.79 Å². The summed E-state index contributed by atoms with van der Waals surface area (Å²) in [6.07, 6.45) is 1.81. The van der Waals surface area contributed by atoms with Crippen molar-refractivity contribution in [1.29, 1.82) is 0 Å². The van der Waals surface area contributed by atoms with E-state index in [2.05, 4.69) is 0 Å². The zero-order valence-corrected chi connectivity index (χ0v) is 13.7. The monoisotopic (exact) mass is 317 g/mol. The predicted octanol–water partition coefficient (Wildman–Crippen LogP) is 2.78. The van der Waals surface area contributed by atoms with Crippen LogP contribution in [0.4, 0.5) is 4.79 Å². The summed E-state index contributed by atoms with van der Waals surface area (Å²) in [6, 6.07) is 9.61. The van der Waals surface area contributed by atoms with E-state index in [9.17, 15) is 9.59 Å². The summed E-state index contributed by atoms with van der Waals surface area (Å²) in [5.74, 6) is -0.173. The molecule has 0 spiro atoms. The third kappa shape index (κ3) is 3.24. The van der Waals surface area contributed by atoms with Crippen LogP contribution in [0.15, 0.2) is 30.3 Å². The highest BCUT2D eigenvalue weighted by Gasteiger charge is 2.47. The number of benzene rings is 1. The molecule has 3 rings (SSSR count). The van der Waals surface area contributed by atoms with Gasteiger partial charge < -0.3 is 9.47 Å². The van der Waals surface area contributed by atoms with Crippen LogP contribution in [0.25, 0.3) is 0 Å². The van der Waals surface area contributed by atoms with E-state index in [1.165, 1.54) is 4.90 Å². The van der Waals surface area contributed by atoms with Gasteiger partial charge in [0, 0.05) is 0 Å². The average molecular weight is 317 g/mol. The Bertz CT molecular complexity index is 578. The maximum atomic E-state index is 13.0. The minimum absolute atomic E-state index is 0.168. The smallest absolute Gasteiger partial charge is 0.417 e. The highest BCUT2D eigenvalue weighted by molar-refractivity contribution is 5.96. The second-order valence-corrected chi connectivity index (χ2v) is 6.82. The molecule has 0 bridgehead atoms. The lowest BCUT2D eigenvalue weighted by molar-refractivity contribution is -0.149. The lowest BCUT2D eigenvalue weighted by Crippen LogP contribution is -2.51. The fourth-order valence-electron chi connectivity index (χ4n) is 3.21. The quantitative estimate of drug-likeness (QED) is 0.860. The Balaban J connectivity index is 1.75. The number of rotatable bonds is 3. The van der Waals surface area contributed by atoms with Crippen molar-refractivity contribution in [2.45, 2.75) is 45.3 Å². The van der Waals surface area contributed by atoms with E-state index in [0.29, 0.717) is 13.0 Å². The van der Waals surface area contributed by atoms with Crippen LogP contribution in [0, 0.1) is 5.41 Å². The maximum Gasteiger partial charge on any atom is 0.417 e. The number of ether oxygens (including phenoxy) is 2. The molecule has 1 aromatic rings.